The lowest BCUT2D eigenvalue weighted by atomic mass is 10.0. The van der Waals surface area contributed by atoms with Crippen molar-refractivity contribution >= 4 is 45.6 Å². The number of nitrogens with two attached hydrogens (primary N) is 4. The van der Waals surface area contributed by atoms with Crippen molar-refractivity contribution in [3.63, 3.8) is 0 Å². The predicted octanol–water partition coefficient (Wildman–Crippen LogP) is 1.57. The van der Waals surface area contributed by atoms with Gasteiger partial charge in [0, 0.05) is 67.1 Å². The van der Waals surface area contributed by atoms with Crippen LogP contribution in [0.1, 0.15) is 33.6 Å². The number of benzene rings is 3. The molecule has 4 atom stereocenters. The second-order valence-electron chi connectivity index (χ2n) is 11.9. The number of carbonyl (C=O) groups is 2. The van der Waals surface area contributed by atoms with Gasteiger partial charge in [-0.1, -0.05) is 30.3 Å². The lowest BCUT2D eigenvalue weighted by Crippen LogP contribution is -2.53. The van der Waals surface area contributed by atoms with Crippen LogP contribution in [0.2, 0.25) is 0 Å². The number of hydrogen-bond acceptors (Lipinski definition) is 11. The number of phenols is 1. The Balaban J connectivity index is 1.21. The van der Waals surface area contributed by atoms with E-state index in [-0.39, 0.29) is 35.5 Å². The second kappa shape index (κ2) is 12.7. The predicted molar refractivity (Wildman–Crippen MR) is 176 cm³/mol. The quantitative estimate of drug-likeness (QED) is 0.166. The number of amides is 2. The molecule has 234 valence electrons. The minimum absolute atomic E-state index is 0.0836. The van der Waals surface area contributed by atoms with E-state index in [1.165, 1.54) is 0 Å². The van der Waals surface area contributed by atoms with Gasteiger partial charge in [-0.3, -0.25) is 9.59 Å². The number of nitrogens with one attached hydrogen (secondary N) is 2. The van der Waals surface area contributed by atoms with Crippen molar-refractivity contribution in [3.8, 4) is 5.75 Å². The molecule has 2 aliphatic heterocycles. The minimum atomic E-state index is -0.454. The number of fused-ring (bicyclic) bond motifs is 1. The summed E-state index contributed by atoms with van der Waals surface area (Å²) in [6, 6.07) is 18.5. The number of hydrogen-bond donors (Lipinski definition) is 7. The number of aromatic nitrogens is 2. The van der Waals surface area contributed by atoms with Crippen molar-refractivity contribution in [2.75, 3.05) is 46.6 Å². The highest BCUT2D eigenvalue weighted by Gasteiger charge is 2.30. The van der Waals surface area contributed by atoms with Crippen molar-refractivity contribution in [1.29, 1.82) is 0 Å². The summed E-state index contributed by atoms with van der Waals surface area (Å²) in [6.45, 7) is 2.07. The van der Waals surface area contributed by atoms with Crippen LogP contribution in [0.25, 0.3) is 10.8 Å². The Bertz CT molecular complexity index is 1700. The highest BCUT2D eigenvalue weighted by molar-refractivity contribution is 6.10. The van der Waals surface area contributed by atoms with Gasteiger partial charge in [0.2, 0.25) is 0 Å². The van der Waals surface area contributed by atoms with Crippen LogP contribution in [0.4, 0.5) is 23.0 Å². The Hall–Kier alpha value is -4.82. The Morgan fingerprint density at radius 3 is 1.82 bits per heavy atom. The normalized spacial score (nSPS) is 21.9. The average Bonchev–Trinajstić information content (AvgIpc) is 3.01. The van der Waals surface area contributed by atoms with Gasteiger partial charge in [0.25, 0.3) is 11.8 Å². The van der Waals surface area contributed by atoms with Crippen LogP contribution >= 0.6 is 0 Å². The molecule has 0 bridgehead atoms. The number of phenolic OH excluding ortho intramolecular Hbond substituents is 1. The molecule has 0 spiro atoms. The van der Waals surface area contributed by atoms with E-state index in [1.54, 1.807) is 54.6 Å². The second-order valence-corrected chi connectivity index (χ2v) is 11.9. The molecule has 2 amide bonds. The molecule has 6 rings (SSSR count). The summed E-state index contributed by atoms with van der Waals surface area (Å²) in [7, 11) is 0. The molecule has 13 heteroatoms. The summed E-state index contributed by atoms with van der Waals surface area (Å²) in [5.74, 6) is -0.0242. The number of nitrogens with zero attached hydrogens (tertiary/aromatic N) is 4. The van der Waals surface area contributed by atoms with Gasteiger partial charge in [-0.05, 0) is 54.6 Å². The summed E-state index contributed by atoms with van der Waals surface area (Å²) < 4.78 is 0. The fraction of sp³-hybridized carbons (Fsp3) is 0.312. The molecular weight excluding hydrogens is 572 g/mol. The van der Waals surface area contributed by atoms with E-state index in [0.29, 0.717) is 73.0 Å². The van der Waals surface area contributed by atoms with E-state index in [2.05, 4.69) is 20.8 Å². The third-order valence-electron chi connectivity index (χ3n) is 8.21. The molecule has 4 aromatic rings. The first kappa shape index (κ1) is 30.2. The average molecular weight is 611 g/mol. The van der Waals surface area contributed by atoms with E-state index in [1.807, 2.05) is 21.9 Å². The van der Waals surface area contributed by atoms with Gasteiger partial charge >= 0.3 is 0 Å². The summed E-state index contributed by atoms with van der Waals surface area (Å²) in [6.07, 6.45) is 1.38. The molecule has 3 aromatic carbocycles. The largest absolute Gasteiger partial charge is 0.506 e. The van der Waals surface area contributed by atoms with Crippen LogP contribution in [-0.4, -0.2) is 77.5 Å². The Labute approximate surface area is 260 Å². The van der Waals surface area contributed by atoms with Crippen molar-refractivity contribution in [1.82, 2.24) is 10.2 Å². The standard InChI is InChI=1S/C32H38N10O3/c33-19-11-20(34)15-41(14-19)28-13-27(30(40-39-28)42-16-21(35)12-22(36)17-42)32(45)38-24-8-6-23(7-9-24)37-31(44)26-10-5-18-3-1-2-4-25(18)29(26)43/h1-10,13,19-22,43H,11-12,14-17,33-36H2,(H,37,44)(H,38,45)/t19-,20+,21-,22+. The lowest BCUT2D eigenvalue weighted by Gasteiger charge is -2.37. The maximum atomic E-state index is 13.8. The fourth-order valence-electron chi connectivity index (χ4n) is 6.12. The minimum Gasteiger partial charge on any atom is -0.506 e. The molecule has 2 aliphatic rings. The summed E-state index contributed by atoms with van der Waals surface area (Å²) in [5.41, 5.74) is 26.4. The van der Waals surface area contributed by atoms with Crippen LogP contribution in [0, 0.1) is 0 Å². The third-order valence-corrected chi connectivity index (χ3v) is 8.21. The van der Waals surface area contributed by atoms with Crippen LogP contribution in [0.15, 0.2) is 66.7 Å². The zero-order chi connectivity index (χ0) is 31.7. The molecule has 2 saturated heterocycles. The van der Waals surface area contributed by atoms with E-state index in [9.17, 15) is 14.7 Å². The molecule has 0 radical (unpaired) electrons. The maximum Gasteiger partial charge on any atom is 0.259 e. The zero-order valence-corrected chi connectivity index (χ0v) is 24.8. The van der Waals surface area contributed by atoms with Crippen LogP contribution in [-0.2, 0) is 0 Å². The zero-order valence-electron chi connectivity index (χ0n) is 24.8. The topological polar surface area (TPSA) is 215 Å². The fourth-order valence-corrected chi connectivity index (χ4v) is 6.12. The molecule has 0 unspecified atom stereocenters. The molecule has 13 nitrogen and oxygen atoms in total. The molecular formula is C32H38N10O3. The molecule has 0 aliphatic carbocycles. The van der Waals surface area contributed by atoms with Crippen LogP contribution < -0.4 is 43.4 Å². The highest BCUT2D eigenvalue weighted by atomic mass is 16.3. The third kappa shape index (κ3) is 6.66. The van der Waals surface area contributed by atoms with Gasteiger partial charge < -0.3 is 48.5 Å². The van der Waals surface area contributed by atoms with Gasteiger partial charge in [0.1, 0.15) is 5.75 Å². The lowest BCUT2D eigenvalue weighted by molar-refractivity contribution is 0.101. The summed E-state index contributed by atoms with van der Waals surface area (Å²) in [5, 5.41) is 26.7. The molecule has 45 heavy (non-hydrogen) atoms. The molecule has 11 N–H and O–H groups in total. The van der Waals surface area contributed by atoms with E-state index in [0.717, 1.165) is 5.39 Å². The molecule has 1 aromatic heterocycles. The molecule has 3 heterocycles. The highest BCUT2D eigenvalue weighted by Crippen LogP contribution is 2.30. The Morgan fingerprint density at radius 2 is 1.22 bits per heavy atom. The smallest absolute Gasteiger partial charge is 0.259 e. The van der Waals surface area contributed by atoms with Crippen LogP contribution in [0.5, 0.6) is 5.75 Å². The Morgan fingerprint density at radius 1 is 0.689 bits per heavy atom. The molecule has 0 saturated carbocycles. The van der Waals surface area contributed by atoms with E-state index in [4.69, 9.17) is 22.9 Å². The monoisotopic (exact) mass is 610 g/mol. The van der Waals surface area contributed by atoms with E-state index < -0.39 is 11.8 Å². The number of piperidine rings is 2. The number of carbonyl (C=O) groups excluding carboxylic acids is 2. The van der Waals surface area contributed by atoms with Gasteiger partial charge in [-0.15, -0.1) is 10.2 Å². The first-order chi connectivity index (χ1) is 21.6. The Kier molecular flexibility index (Phi) is 8.50. The summed E-state index contributed by atoms with van der Waals surface area (Å²) in [4.78, 5) is 30.6. The van der Waals surface area contributed by atoms with Gasteiger partial charge in [0.05, 0.1) is 11.1 Å². The number of rotatable bonds is 6. The SMILES string of the molecule is N[C@@H]1C[C@H](N)CN(c2cc(C(=O)Nc3ccc(NC(=O)c4ccc5ccccc5c4O)cc3)c(N3C[C@H](N)C[C@H](N)C3)nn2)C1. The van der Waals surface area contributed by atoms with Crippen molar-refractivity contribution in [2.24, 2.45) is 22.9 Å². The number of aromatic hydroxyl groups is 1. The van der Waals surface area contributed by atoms with Crippen molar-refractivity contribution < 1.29 is 14.7 Å². The van der Waals surface area contributed by atoms with E-state index >= 15 is 0 Å². The van der Waals surface area contributed by atoms with Gasteiger partial charge in [-0.2, -0.15) is 0 Å². The van der Waals surface area contributed by atoms with Gasteiger partial charge in [-0.25, -0.2) is 0 Å². The molecule has 2 fully saturated rings. The van der Waals surface area contributed by atoms with Gasteiger partial charge in [0.15, 0.2) is 11.6 Å². The van der Waals surface area contributed by atoms with Crippen LogP contribution in [0.3, 0.4) is 0 Å². The van der Waals surface area contributed by atoms with Crippen molar-refractivity contribution in [3.05, 3.63) is 77.9 Å². The maximum absolute atomic E-state index is 13.8. The number of anilines is 4. The summed E-state index contributed by atoms with van der Waals surface area (Å²) >= 11 is 0. The first-order valence-electron chi connectivity index (χ1n) is 15.0. The van der Waals surface area contributed by atoms with Crippen molar-refractivity contribution in [2.45, 2.75) is 37.0 Å². The first-order valence-corrected chi connectivity index (χ1v) is 15.0.